The van der Waals surface area contributed by atoms with Gasteiger partial charge in [0.05, 0.1) is 0 Å². The summed E-state index contributed by atoms with van der Waals surface area (Å²) in [7, 11) is 2.14. The van der Waals surface area contributed by atoms with Gasteiger partial charge in [-0.25, -0.2) is 0 Å². The Kier molecular flexibility index (Phi) is 4.07. The summed E-state index contributed by atoms with van der Waals surface area (Å²) in [6, 6.07) is 0. The predicted octanol–water partition coefficient (Wildman–Crippen LogP) is -1.41. The monoisotopic (exact) mass is 80.1 g/mol. The van der Waals surface area contributed by atoms with Crippen molar-refractivity contribution >= 4 is 27.8 Å². The van der Waals surface area contributed by atoms with E-state index in [9.17, 15) is 0 Å². The van der Waals surface area contributed by atoms with Crippen molar-refractivity contribution in [1.82, 2.24) is 5.14 Å². The van der Waals surface area contributed by atoms with Gasteiger partial charge in [0.1, 0.15) is 0 Å². The Morgan fingerprint density at radius 1 is 1.83 bits per heavy atom. The second kappa shape index (κ2) is 4.47. The van der Waals surface area contributed by atoms with Crippen molar-refractivity contribution in [3.63, 3.8) is 0 Å². The molecule has 0 bridgehead atoms. The average Bonchev–Trinajstić information content (AvgIpc) is 1.61. The van der Waals surface area contributed by atoms with E-state index in [-0.39, 0.29) is 0 Å². The Labute approximate surface area is 38.9 Å². The molecule has 0 aliphatic rings. The zero-order valence-electron chi connectivity index (χ0n) is 3.65. The van der Waals surface area contributed by atoms with Gasteiger partial charge in [-0.3, -0.25) is 0 Å². The predicted molar refractivity (Wildman–Crippen MR) is 32.7 cm³/mol. The summed E-state index contributed by atoms with van der Waals surface area (Å²) in [6.45, 7) is 6.64. The van der Waals surface area contributed by atoms with E-state index >= 15 is 0 Å². The Morgan fingerprint density at radius 2 is 2.50 bits per heavy atom. The third-order valence-corrected chi connectivity index (χ3v) is 0.347. The molecule has 0 aromatic rings. The van der Waals surface area contributed by atoms with E-state index in [0.29, 0.717) is 7.55 Å². The molecule has 0 spiro atoms. The molecule has 0 aromatic carbocycles. The van der Waals surface area contributed by atoms with Crippen LogP contribution in [-0.4, -0.2) is 27.8 Å². The second-order valence-corrected chi connectivity index (χ2v) is 0.790. The maximum atomic E-state index is 3.49. The molecule has 0 heterocycles. The van der Waals surface area contributed by atoms with Crippen molar-refractivity contribution in [2.75, 3.05) is 0 Å². The van der Waals surface area contributed by atoms with Crippen LogP contribution in [0.1, 0.15) is 0 Å². The van der Waals surface area contributed by atoms with Crippen molar-refractivity contribution in [1.29, 1.82) is 0 Å². The van der Waals surface area contributed by atoms with Crippen LogP contribution in [0.25, 0.3) is 0 Å². The summed E-state index contributed by atoms with van der Waals surface area (Å²) in [6.07, 6.45) is 0. The Bertz CT molecular complexity index is 45.5. The van der Waals surface area contributed by atoms with Gasteiger partial charge in [-0.15, -0.1) is 0 Å². The topological polar surface area (TPSA) is 24.4 Å². The first-order valence-corrected chi connectivity index (χ1v) is 1.68. The molecule has 6 heavy (non-hydrogen) atoms. The molecule has 0 aliphatic heterocycles. The van der Waals surface area contributed by atoms with Crippen LogP contribution in [0.5, 0.6) is 0 Å². The SMILES string of the molecule is C=BNBN=C. The molecule has 1 N–H and O–H groups in total. The molecule has 0 amide bonds. The number of rotatable bonds is 3. The fourth-order valence-electron chi connectivity index (χ4n) is 0.129. The number of hydrogen-bond acceptors (Lipinski definition) is 2. The fraction of sp³-hybridized carbons (Fsp3) is 0. The zero-order chi connectivity index (χ0) is 4.83. The van der Waals surface area contributed by atoms with Crippen molar-refractivity contribution in [3.8, 4) is 0 Å². The molecule has 0 radical (unpaired) electrons. The summed E-state index contributed by atoms with van der Waals surface area (Å²) in [5.74, 6) is 0. The summed E-state index contributed by atoms with van der Waals surface area (Å²) >= 11 is 0. The summed E-state index contributed by atoms with van der Waals surface area (Å²) in [5.41, 5.74) is 0. The normalized spacial score (nSPS) is 5.33. The first-order valence-electron chi connectivity index (χ1n) is 1.68. The molecule has 4 heteroatoms. The third-order valence-electron chi connectivity index (χ3n) is 0.347. The minimum absolute atomic E-state index is 0.559. The molecule has 0 unspecified atom stereocenters. The van der Waals surface area contributed by atoms with Crippen molar-refractivity contribution in [2.45, 2.75) is 0 Å². The Balaban J connectivity index is 2.66. The summed E-state index contributed by atoms with van der Waals surface area (Å²) in [5, 5.41) is 2.73. The fourth-order valence-corrected chi connectivity index (χ4v) is 0.129. The molecule has 30 valence electrons. The molecule has 0 atom stereocenters. The van der Waals surface area contributed by atoms with Gasteiger partial charge in [0.2, 0.25) is 0 Å². The number of nitrogens with zero attached hydrogens (tertiary/aromatic N) is 1. The van der Waals surface area contributed by atoms with Crippen molar-refractivity contribution < 1.29 is 0 Å². The molecule has 0 aromatic heterocycles. The average molecular weight is 79.7 g/mol. The van der Waals surface area contributed by atoms with Crippen molar-refractivity contribution in [2.24, 2.45) is 4.90 Å². The maximum absolute atomic E-state index is 3.49. The molecule has 0 saturated heterocycles. The van der Waals surface area contributed by atoms with Gasteiger partial charge in [-0.05, 0) is 0 Å². The van der Waals surface area contributed by atoms with E-state index in [0.717, 1.165) is 0 Å². The number of hydrogen-bond donors (Lipinski definition) is 1. The standard InChI is InChI=1S/C2H6B2N2/c1-3-6-4-5-2/h4,6H,1-2H2. The molecular weight excluding hydrogens is 73.7 g/mol. The second-order valence-electron chi connectivity index (χ2n) is 0.790. The van der Waals surface area contributed by atoms with Gasteiger partial charge in [-0.1, -0.05) is 0 Å². The van der Waals surface area contributed by atoms with Gasteiger partial charge < -0.3 is 0 Å². The van der Waals surface area contributed by atoms with Gasteiger partial charge in [0.25, 0.3) is 0 Å². The van der Waals surface area contributed by atoms with Crippen LogP contribution in [0.15, 0.2) is 4.90 Å². The van der Waals surface area contributed by atoms with Crippen LogP contribution < -0.4 is 5.14 Å². The minimum atomic E-state index is 0.559. The van der Waals surface area contributed by atoms with Crippen LogP contribution in [0.2, 0.25) is 0 Å². The van der Waals surface area contributed by atoms with Crippen molar-refractivity contribution in [3.05, 3.63) is 0 Å². The molecule has 0 saturated carbocycles. The summed E-state index contributed by atoms with van der Waals surface area (Å²) in [4.78, 5) is 3.49. The summed E-state index contributed by atoms with van der Waals surface area (Å²) < 4.78 is 0. The van der Waals surface area contributed by atoms with E-state index in [1.54, 1.807) is 7.06 Å². The van der Waals surface area contributed by atoms with Crippen LogP contribution in [0.4, 0.5) is 0 Å². The molecule has 2 nitrogen and oxygen atoms in total. The molecule has 0 fully saturated rings. The molecule has 0 rings (SSSR count). The van der Waals surface area contributed by atoms with E-state index in [4.69, 9.17) is 0 Å². The van der Waals surface area contributed by atoms with E-state index < -0.39 is 0 Å². The van der Waals surface area contributed by atoms with Crippen LogP contribution in [0.3, 0.4) is 0 Å². The van der Waals surface area contributed by atoms with Crippen LogP contribution in [-0.2, 0) is 0 Å². The van der Waals surface area contributed by atoms with Crippen LogP contribution >= 0.6 is 0 Å². The van der Waals surface area contributed by atoms with Gasteiger partial charge in [0.15, 0.2) is 0 Å². The third kappa shape index (κ3) is 3.47. The molecular formula is C2H6B2N2. The van der Waals surface area contributed by atoms with Gasteiger partial charge >= 0.3 is 37.8 Å². The molecule has 0 aliphatic carbocycles. The quantitative estimate of drug-likeness (QED) is 0.251. The first-order chi connectivity index (χ1) is 2.91. The first kappa shape index (κ1) is 5.47. The van der Waals surface area contributed by atoms with E-state index in [1.165, 1.54) is 0 Å². The van der Waals surface area contributed by atoms with E-state index in [2.05, 4.69) is 23.2 Å². The van der Waals surface area contributed by atoms with Gasteiger partial charge in [0, 0.05) is 0 Å². The zero-order valence-corrected chi connectivity index (χ0v) is 3.65. The van der Waals surface area contributed by atoms with Crippen LogP contribution in [0, 0.1) is 0 Å². The Morgan fingerprint density at radius 3 is 2.67 bits per heavy atom. The Hall–Kier alpha value is -0.530. The van der Waals surface area contributed by atoms with Gasteiger partial charge in [-0.2, -0.15) is 0 Å². The number of nitrogens with one attached hydrogen (secondary N) is 1. The van der Waals surface area contributed by atoms with E-state index in [1.807, 2.05) is 0 Å².